The van der Waals surface area contributed by atoms with Gasteiger partial charge < -0.3 is 10.1 Å². The van der Waals surface area contributed by atoms with Crippen LogP contribution in [0, 0.1) is 0 Å². The number of hydrogen-bond donors (Lipinski definition) is 1. The van der Waals surface area contributed by atoms with Crippen LogP contribution in [0.1, 0.15) is 40.5 Å². The van der Waals surface area contributed by atoms with Gasteiger partial charge in [0, 0.05) is 24.1 Å². The second kappa shape index (κ2) is 7.82. The van der Waals surface area contributed by atoms with Crippen molar-refractivity contribution in [2.24, 2.45) is 0 Å². The number of carbonyl (C=O) groups is 4. The Labute approximate surface area is 155 Å². The first-order valence-corrected chi connectivity index (χ1v) is 8.54. The van der Waals surface area contributed by atoms with Crippen LogP contribution in [0.15, 0.2) is 48.5 Å². The first-order chi connectivity index (χ1) is 13.0. The van der Waals surface area contributed by atoms with Gasteiger partial charge in [-0.2, -0.15) is 0 Å². The van der Waals surface area contributed by atoms with Crippen molar-refractivity contribution in [2.45, 2.75) is 19.8 Å². The molecule has 1 aliphatic rings. The molecule has 1 aliphatic heterocycles. The quantitative estimate of drug-likeness (QED) is 0.649. The van der Waals surface area contributed by atoms with Gasteiger partial charge >= 0.3 is 5.97 Å². The van der Waals surface area contributed by atoms with Gasteiger partial charge in [0.15, 0.2) is 0 Å². The lowest BCUT2D eigenvalue weighted by atomic mass is 10.1. The Bertz CT molecular complexity index is 889. The molecule has 3 rings (SSSR count). The molecule has 2 aromatic carbocycles. The van der Waals surface area contributed by atoms with Gasteiger partial charge in [-0.15, -0.1) is 0 Å². The minimum Gasteiger partial charge on any atom is -0.462 e. The molecule has 0 unspecified atom stereocenters. The van der Waals surface area contributed by atoms with Crippen LogP contribution >= 0.6 is 0 Å². The average Bonchev–Trinajstić information content (AvgIpc) is 3.01. The molecule has 138 valence electrons. The fraction of sp³-hybridized carbons (Fsp3) is 0.200. The molecule has 1 N–H and O–H groups in total. The van der Waals surface area contributed by atoms with E-state index in [1.807, 2.05) is 0 Å². The number of amides is 3. The number of carbonyl (C=O) groups excluding carboxylic acids is 4. The third kappa shape index (κ3) is 4.03. The maximum atomic E-state index is 12.5. The van der Waals surface area contributed by atoms with Gasteiger partial charge in [-0.1, -0.05) is 6.07 Å². The number of esters is 1. The summed E-state index contributed by atoms with van der Waals surface area (Å²) in [6.45, 7) is 2.01. The molecule has 0 aromatic heterocycles. The van der Waals surface area contributed by atoms with E-state index in [0.717, 1.165) is 4.90 Å². The van der Waals surface area contributed by atoms with Crippen LogP contribution in [0.2, 0.25) is 0 Å². The molecule has 0 spiro atoms. The van der Waals surface area contributed by atoms with Crippen molar-refractivity contribution in [1.82, 2.24) is 0 Å². The average molecular weight is 366 g/mol. The molecule has 7 nitrogen and oxygen atoms in total. The lowest BCUT2D eigenvalue weighted by molar-refractivity contribution is -0.121. The number of nitrogens with one attached hydrogen (secondary N) is 1. The number of hydrogen-bond acceptors (Lipinski definition) is 5. The zero-order chi connectivity index (χ0) is 19.4. The van der Waals surface area contributed by atoms with E-state index in [9.17, 15) is 19.2 Å². The predicted molar refractivity (Wildman–Crippen MR) is 98.5 cm³/mol. The Kier molecular flexibility index (Phi) is 5.30. The van der Waals surface area contributed by atoms with Gasteiger partial charge in [-0.3, -0.25) is 19.3 Å². The summed E-state index contributed by atoms with van der Waals surface area (Å²) in [5.41, 5.74) is 1.59. The summed E-state index contributed by atoms with van der Waals surface area (Å²) < 4.78 is 4.91. The highest BCUT2D eigenvalue weighted by Crippen LogP contribution is 2.24. The lowest BCUT2D eigenvalue weighted by Gasteiger charge is -2.15. The molecule has 1 fully saturated rings. The Morgan fingerprint density at radius 2 is 1.67 bits per heavy atom. The van der Waals surface area contributed by atoms with Crippen molar-refractivity contribution in [3.05, 3.63) is 59.7 Å². The van der Waals surface area contributed by atoms with Gasteiger partial charge in [-0.25, -0.2) is 4.79 Å². The highest BCUT2D eigenvalue weighted by molar-refractivity contribution is 6.20. The van der Waals surface area contributed by atoms with Crippen LogP contribution in [0.3, 0.4) is 0 Å². The van der Waals surface area contributed by atoms with Gasteiger partial charge in [0.2, 0.25) is 11.8 Å². The van der Waals surface area contributed by atoms with Crippen LogP contribution in [-0.2, 0) is 14.3 Å². The van der Waals surface area contributed by atoms with Crippen LogP contribution in [0.25, 0.3) is 0 Å². The highest BCUT2D eigenvalue weighted by atomic mass is 16.5. The molecule has 0 radical (unpaired) electrons. The van der Waals surface area contributed by atoms with Gasteiger partial charge in [-0.05, 0) is 49.4 Å². The highest BCUT2D eigenvalue weighted by Gasteiger charge is 2.30. The summed E-state index contributed by atoms with van der Waals surface area (Å²) in [6, 6.07) is 12.7. The number of anilines is 2. The van der Waals surface area contributed by atoms with E-state index in [1.165, 1.54) is 6.07 Å². The SMILES string of the molecule is CCOC(=O)c1ccc(NC(=O)c2cccc(N3C(=O)CCC3=O)c2)cc1. The van der Waals surface area contributed by atoms with Crippen molar-refractivity contribution < 1.29 is 23.9 Å². The fourth-order valence-electron chi connectivity index (χ4n) is 2.76. The van der Waals surface area contributed by atoms with E-state index < -0.39 is 5.97 Å². The smallest absolute Gasteiger partial charge is 0.338 e. The molecule has 2 aromatic rings. The summed E-state index contributed by atoms with van der Waals surface area (Å²) in [7, 11) is 0. The summed E-state index contributed by atoms with van der Waals surface area (Å²) in [5.74, 6) is -1.36. The van der Waals surface area contributed by atoms with Crippen molar-refractivity contribution in [2.75, 3.05) is 16.8 Å². The van der Waals surface area contributed by atoms with E-state index in [4.69, 9.17) is 4.74 Å². The molecule has 0 atom stereocenters. The zero-order valence-corrected chi connectivity index (χ0v) is 14.7. The number of imide groups is 1. The monoisotopic (exact) mass is 366 g/mol. The van der Waals surface area contributed by atoms with E-state index in [0.29, 0.717) is 22.5 Å². The predicted octanol–water partition coefficient (Wildman–Crippen LogP) is 2.77. The fourth-order valence-corrected chi connectivity index (χ4v) is 2.76. The molecule has 0 saturated carbocycles. The van der Waals surface area contributed by atoms with Crippen molar-refractivity contribution >= 4 is 35.1 Å². The first-order valence-electron chi connectivity index (χ1n) is 8.54. The van der Waals surface area contributed by atoms with E-state index in [1.54, 1.807) is 49.4 Å². The van der Waals surface area contributed by atoms with Crippen molar-refractivity contribution in [1.29, 1.82) is 0 Å². The molecule has 27 heavy (non-hydrogen) atoms. The van der Waals surface area contributed by atoms with Crippen LogP contribution < -0.4 is 10.2 Å². The van der Waals surface area contributed by atoms with Gasteiger partial charge in [0.1, 0.15) is 0 Å². The molecule has 7 heteroatoms. The van der Waals surface area contributed by atoms with Crippen molar-refractivity contribution in [3.8, 4) is 0 Å². The molecule has 1 saturated heterocycles. The largest absolute Gasteiger partial charge is 0.462 e. The summed E-state index contributed by atoms with van der Waals surface area (Å²) in [6.07, 6.45) is 0.365. The first kappa shape index (κ1) is 18.3. The van der Waals surface area contributed by atoms with Crippen LogP contribution in [0.5, 0.6) is 0 Å². The molecular weight excluding hydrogens is 348 g/mol. The lowest BCUT2D eigenvalue weighted by Crippen LogP contribution is -2.28. The van der Waals surface area contributed by atoms with Crippen LogP contribution in [-0.4, -0.2) is 30.3 Å². The standard InChI is InChI=1S/C20H18N2O5/c1-2-27-20(26)13-6-8-15(9-7-13)21-19(25)14-4-3-5-16(12-14)22-17(23)10-11-18(22)24/h3-9,12H,2,10-11H2,1H3,(H,21,25). The molecular formula is C20H18N2O5. The van der Waals surface area contributed by atoms with E-state index >= 15 is 0 Å². The Hall–Kier alpha value is -3.48. The normalized spacial score (nSPS) is 13.6. The summed E-state index contributed by atoms with van der Waals surface area (Å²) in [4.78, 5) is 48.9. The molecule has 0 aliphatic carbocycles. The minimum atomic E-state index is -0.428. The van der Waals surface area contributed by atoms with Crippen molar-refractivity contribution in [3.63, 3.8) is 0 Å². The number of nitrogens with zero attached hydrogens (tertiary/aromatic N) is 1. The third-order valence-corrected chi connectivity index (χ3v) is 4.07. The van der Waals surface area contributed by atoms with Gasteiger partial charge in [0.25, 0.3) is 5.91 Å². The number of benzene rings is 2. The second-order valence-electron chi connectivity index (χ2n) is 5.93. The minimum absolute atomic E-state index is 0.183. The topological polar surface area (TPSA) is 92.8 Å². The zero-order valence-electron chi connectivity index (χ0n) is 14.7. The molecule has 3 amide bonds. The maximum absolute atomic E-state index is 12.5. The third-order valence-electron chi connectivity index (χ3n) is 4.07. The van der Waals surface area contributed by atoms with Crippen LogP contribution in [0.4, 0.5) is 11.4 Å². The molecule has 0 bridgehead atoms. The van der Waals surface area contributed by atoms with E-state index in [2.05, 4.69) is 5.32 Å². The summed E-state index contributed by atoms with van der Waals surface area (Å²) in [5, 5.41) is 2.72. The Morgan fingerprint density at radius 3 is 2.30 bits per heavy atom. The Morgan fingerprint density at radius 1 is 1.00 bits per heavy atom. The van der Waals surface area contributed by atoms with E-state index in [-0.39, 0.29) is 37.2 Å². The second-order valence-corrected chi connectivity index (χ2v) is 5.93. The summed E-state index contributed by atoms with van der Waals surface area (Å²) >= 11 is 0. The maximum Gasteiger partial charge on any atom is 0.338 e. The Balaban J connectivity index is 1.73. The number of ether oxygens (including phenoxy) is 1. The molecule has 1 heterocycles. The van der Waals surface area contributed by atoms with Gasteiger partial charge in [0.05, 0.1) is 17.9 Å². The number of rotatable bonds is 5.